The highest BCUT2D eigenvalue weighted by molar-refractivity contribution is 6.30. The Balaban J connectivity index is 2.05. The number of carbonyl (C=O) groups is 1. The van der Waals surface area contributed by atoms with E-state index >= 15 is 0 Å². The minimum atomic E-state index is -0.0260. The van der Waals surface area contributed by atoms with Crippen LogP contribution in [-0.2, 0) is 17.8 Å². The van der Waals surface area contributed by atoms with Gasteiger partial charge in [-0.1, -0.05) is 11.6 Å². The number of carbonyl (C=O) groups excluding carboxylic acids is 1. The average Bonchev–Trinajstić information content (AvgIpc) is 2.91. The molecular formula is C14H16ClN3O2. The number of nitrogens with one attached hydrogen (secondary N) is 1. The predicted octanol–water partition coefficient (Wildman–Crippen LogP) is 2.27. The molecule has 1 aromatic carbocycles. The molecule has 1 heterocycles. The second-order valence-electron chi connectivity index (χ2n) is 4.42. The Morgan fingerprint density at radius 1 is 1.50 bits per heavy atom. The van der Waals surface area contributed by atoms with Crippen LogP contribution >= 0.6 is 11.6 Å². The molecule has 1 amide bonds. The van der Waals surface area contributed by atoms with Crippen molar-refractivity contribution in [3.8, 4) is 5.75 Å². The van der Waals surface area contributed by atoms with Crippen LogP contribution in [0.3, 0.4) is 0 Å². The van der Waals surface area contributed by atoms with E-state index in [0.29, 0.717) is 17.3 Å². The molecule has 0 bridgehead atoms. The third-order valence-electron chi connectivity index (χ3n) is 2.95. The van der Waals surface area contributed by atoms with E-state index in [9.17, 15) is 4.79 Å². The zero-order valence-electron chi connectivity index (χ0n) is 11.4. The summed E-state index contributed by atoms with van der Waals surface area (Å²) in [5, 5.41) is 0.585. The number of amides is 1. The highest BCUT2D eigenvalue weighted by Crippen LogP contribution is 2.23. The molecule has 0 unspecified atom stereocenters. The molecule has 0 aliphatic carbocycles. The number of halogens is 1. The highest BCUT2D eigenvalue weighted by Gasteiger charge is 2.14. The van der Waals surface area contributed by atoms with Crippen molar-refractivity contribution >= 4 is 17.5 Å². The second kappa shape index (κ2) is 6.43. The molecule has 0 saturated carbocycles. The largest absolute Gasteiger partial charge is 0.496 e. The second-order valence-corrected chi connectivity index (χ2v) is 4.86. The standard InChI is InChI=1S/C14H16ClN3O2/c1-18(9-13-16-5-6-17-13)14(19)8-10-7-11(15)3-4-12(10)20-2/h3-7H,8-9H2,1-2H3,(H,16,17). The molecule has 6 heteroatoms. The van der Waals surface area contributed by atoms with Gasteiger partial charge in [-0.3, -0.25) is 4.79 Å². The quantitative estimate of drug-likeness (QED) is 0.920. The molecule has 5 nitrogen and oxygen atoms in total. The molecule has 20 heavy (non-hydrogen) atoms. The summed E-state index contributed by atoms with van der Waals surface area (Å²) in [5.41, 5.74) is 0.774. The number of aromatic amines is 1. The van der Waals surface area contributed by atoms with Crippen LogP contribution in [0.2, 0.25) is 5.02 Å². The van der Waals surface area contributed by atoms with Gasteiger partial charge in [0.25, 0.3) is 0 Å². The molecular weight excluding hydrogens is 278 g/mol. The van der Waals surface area contributed by atoms with Gasteiger partial charge in [0.05, 0.1) is 20.1 Å². The van der Waals surface area contributed by atoms with Gasteiger partial charge < -0.3 is 14.6 Å². The number of nitrogens with zero attached hydrogens (tertiary/aromatic N) is 2. The van der Waals surface area contributed by atoms with Crippen molar-refractivity contribution in [3.63, 3.8) is 0 Å². The summed E-state index contributed by atoms with van der Waals surface area (Å²) in [6.45, 7) is 0.439. The maximum Gasteiger partial charge on any atom is 0.227 e. The molecule has 1 N–H and O–H groups in total. The van der Waals surface area contributed by atoms with E-state index in [2.05, 4.69) is 9.97 Å². The Labute approximate surface area is 122 Å². The van der Waals surface area contributed by atoms with Crippen LogP contribution in [0.5, 0.6) is 5.75 Å². The molecule has 0 atom stereocenters. The normalized spacial score (nSPS) is 10.3. The first-order valence-electron chi connectivity index (χ1n) is 6.15. The van der Waals surface area contributed by atoms with Crippen LogP contribution in [0.1, 0.15) is 11.4 Å². The number of methoxy groups -OCH3 is 1. The summed E-state index contributed by atoms with van der Waals surface area (Å²) in [4.78, 5) is 20.9. The number of benzene rings is 1. The van der Waals surface area contributed by atoms with Gasteiger partial charge in [-0.25, -0.2) is 4.98 Å². The Morgan fingerprint density at radius 2 is 2.30 bits per heavy atom. The maximum absolute atomic E-state index is 12.2. The number of H-pyrrole nitrogens is 1. The molecule has 0 fully saturated rings. The Morgan fingerprint density at radius 3 is 2.95 bits per heavy atom. The van der Waals surface area contributed by atoms with E-state index in [-0.39, 0.29) is 12.3 Å². The number of imidazole rings is 1. The van der Waals surface area contributed by atoms with Crippen LogP contribution in [0.15, 0.2) is 30.6 Å². The fourth-order valence-electron chi connectivity index (χ4n) is 1.88. The van der Waals surface area contributed by atoms with Crippen LogP contribution in [0.4, 0.5) is 0 Å². The smallest absolute Gasteiger partial charge is 0.227 e. The third kappa shape index (κ3) is 3.51. The van der Waals surface area contributed by atoms with Gasteiger partial charge in [0, 0.05) is 30.0 Å². The molecule has 0 aliphatic rings. The van der Waals surface area contributed by atoms with Crippen molar-refractivity contribution in [2.75, 3.05) is 14.2 Å². The number of ether oxygens (including phenoxy) is 1. The summed E-state index contributed by atoms with van der Waals surface area (Å²) in [6.07, 6.45) is 3.63. The number of likely N-dealkylation sites (N-methyl/N-ethyl adjacent to an activating group) is 1. The predicted molar refractivity (Wildman–Crippen MR) is 76.8 cm³/mol. The number of hydrogen-bond donors (Lipinski definition) is 1. The van der Waals surface area contributed by atoms with E-state index in [0.717, 1.165) is 11.4 Å². The van der Waals surface area contributed by atoms with Crippen molar-refractivity contribution in [2.45, 2.75) is 13.0 Å². The molecule has 2 rings (SSSR count). The fraction of sp³-hybridized carbons (Fsp3) is 0.286. The molecule has 0 spiro atoms. The number of aromatic nitrogens is 2. The fourth-order valence-corrected chi connectivity index (χ4v) is 2.08. The van der Waals surface area contributed by atoms with Gasteiger partial charge in [-0.2, -0.15) is 0 Å². The molecule has 1 aromatic heterocycles. The van der Waals surface area contributed by atoms with Gasteiger partial charge in [-0.05, 0) is 18.2 Å². The summed E-state index contributed by atoms with van der Waals surface area (Å²) >= 11 is 5.96. The summed E-state index contributed by atoms with van der Waals surface area (Å²) in [7, 11) is 3.31. The Hall–Kier alpha value is -2.01. The van der Waals surface area contributed by atoms with Crippen molar-refractivity contribution < 1.29 is 9.53 Å². The van der Waals surface area contributed by atoms with Gasteiger partial charge in [0.1, 0.15) is 11.6 Å². The topological polar surface area (TPSA) is 58.2 Å². The molecule has 0 saturated heterocycles. The summed E-state index contributed by atoms with van der Waals surface area (Å²) in [5.74, 6) is 1.38. The van der Waals surface area contributed by atoms with E-state index in [4.69, 9.17) is 16.3 Å². The molecule has 0 radical (unpaired) electrons. The first kappa shape index (κ1) is 14.4. The number of hydrogen-bond acceptors (Lipinski definition) is 3. The Bertz CT molecular complexity index is 584. The monoisotopic (exact) mass is 293 g/mol. The van der Waals surface area contributed by atoms with Gasteiger partial charge in [-0.15, -0.1) is 0 Å². The van der Waals surface area contributed by atoms with E-state index in [1.807, 2.05) is 0 Å². The van der Waals surface area contributed by atoms with E-state index in [1.165, 1.54) is 0 Å². The van der Waals surface area contributed by atoms with Crippen molar-refractivity contribution in [1.82, 2.24) is 14.9 Å². The van der Waals surface area contributed by atoms with E-state index in [1.54, 1.807) is 49.7 Å². The number of rotatable bonds is 5. The SMILES string of the molecule is COc1ccc(Cl)cc1CC(=O)N(C)Cc1ncc[nH]1. The van der Waals surface area contributed by atoms with Crippen LogP contribution in [0, 0.1) is 0 Å². The van der Waals surface area contributed by atoms with Crippen molar-refractivity contribution in [2.24, 2.45) is 0 Å². The summed E-state index contributed by atoms with van der Waals surface area (Å²) in [6, 6.07) is 5.25. The van der Waals surface area contributed by atoms with Gasteiger partial charge in [0.2, 0.25) is 5.91 Å². The van der Waals surface area contributed by atoms with Gasteiger partial charge in [0.15, 0.2) is 0 Å². The van der Waals surface area contributed by atoms with Gasteiger partial charge >= 0.3 is 0 Å². The molecule has 2 aromatic rings. The lowest BCUT2D eigenvalue weighted by Gasteiger charge is -2.17. The highest BCUT2D eigenvalue weighted by atomic mass is 35.5. The average molecular weight is 294 g/mol. The zero-order valence-corrected chi connectivity index (χ0v) is 12.1. The minimum Gasteiger partial charge on any atom is -0.496 e. The van der Waals surface area contributed by atoms with Crippen LogP contribution in [-0.4, -0.2) is 34.9 Å². The molecule has 0 aliphatic heterocycles. The summed E-state index contributed by atoms with van der Waals surface area (Å²) < 4.78 is 5.24. The van der Waals surface area contributed by atoms with E-state index < -0.39 is 0 Å². The van der Waals surface area contributed by atoms with Crippen molar-refractivity contribution in [1.29, 1.82) is 0 Å². The van der Waals surface area contributed by atoms with Crippen LogP contribution < -0.4 is 4.74 Å². The minimum absolute atomic E-state index is 0.0260. The maximum atomic E-state index is 12.2. The third-order valence-corrected chi connectivity index (χ3v) is 3.19. The lowest BCUT2D eigenvalue weighted by Crippen LogP contribution is -2.28. The first-order chi connectivity index (χ1) is 9.60. The lowest BCUT2D eigenvalue weighted by molar-refractivity contribution is -0.129. The first-order valence-corrected chi connectivity index (χ1v) is 6.52. The lowest BCUT2D eigenvalue weighted by atomic mass is 10.1. The van der Waals surface area contributed by atoms with Crippen LogP contribution in [0.25, 0.3) is 0 Å². The zero-order chi connectivity index (χ0) is 14.5. The Kier molecular flexibility index (Phi) is 4.63. The molecule has 106 valence electrons. The van der Waals surface area contributed by atoms with Crippen molar-refractivity contribution in [3.05, 3.63) is 47.0 Å².